The Kier molecular flexibility index (Phi) is 53.0. The molecule has 0 spiro atoms. The lowest BCUT2D eigenvalue weighted by atomic mass is 10.0. The number of phosphoric acid groups is 1. The normalized spacial score (nSPS) is 13.1. The number of unbranched alkanes of at least 4 members (excludes halogenated alkanes) is 43. The third-order valence-corrected chi connectivity index (χ3v) is 14.0. The van der Waals surface area contributed by atoms with E-state index in [1.165, 1.54) is 257 Å². The molecule has 0 saturated heterocycles. The zero-order valence-corrected chi connectivity index (χ0v) is 44.0. The van der Waals surface area contributed by atoms with Crippen molar-refractivity contribution in [1.29, 1.82) is 0 Å². The standard InChI is InChI=1S/C55H112NO7P/c1-3-5-7-9-11-13-15-17-19-21-23-25-26-27-28-29-30-32-34-36-38-40-42-44-46-48-55(57)63-54(53-62-64(58,59)61-51-49-56)52-60-50-47-45-43-41-39-37-35-33-31-24-22-20-18-16-14-12-10-8-6-4-2/h54H,3-53,56H2,1-2H3,(H,58,59)/t54-/m1/s1. The summed E-state index contributed by atoms with van der Waals surface area (Å²) in [4.78, 5) is 22.7. The second-order valence-corrected chi connectivity index (χ2v) is 21.0. The van der Waals surface area contributed by atoms with Crippen LogP contribution in [0.4, 0.5) is 0 Å². The maximum absolute atomic E-state index is 12.7. The van der Waals surface area contributed by atoms with Crippen molar-refractivity contribution < 1.29 is 32.8 Å². The Labute approximate surface area is 399 Å². The summed E-state index contributed by atoms with van der Waals surface area (Å²) in [7, 11) is -4.28. The van der Waals surface area contributed by atoms with Crippen LogP contribution in [-0.4, -0.2) is 49.9 Å². The van der Waals surface area contributed by atoms with Crippen LogP contribution >= 0.6 is 7.82 Å². The third kappa shape index (κ3) is 52.5. The van der Waals surface area contributed by atoms with Gasteiger partial charge in [-0.15, -0.1) is 0 Å². The first-order valence-electron chi connectivity index (χ1n) is 28.5. The highest BCUT2D eigenvalue weighted by atomic mass is 31.2. The molecule has 0 aromatic carbocycles. The zero-order chi connectivity index (χ0) is 46.5. The van der Waals surface area contributed by atoms with Crippen molar-refractivity contribution in [3.63, 3.8) is 0 Å². The fraction of sp³-hybridized carbons (Fsp3) is 0.982. The van der Waals surface area contributed by atoms with Gasteiger partial charge in [0, 0.05) is 19.6 Å². The van der Waals surface area contributed by atoms with Crippen molar-refractivity contribution in [1.82, 2.24) is 0 Å². The van der Waals surface area contributed by atoms with E-state index in [9.17, 15) is 14.3 Å². The highest BCUT2D eigenvalue weighted by Crippen LogP contribution is 2.43. The van der Waals surface area contributed by atoms with Crippen LogP contribution in [0.1, 0.15) is 309 Å². The van der Waals surface area contributed by atoms with Crippen LogP contribution < -0.4 is 5.73 Å². The average Bonchev–Trinajstić information content (AvgIpc) is 3.29. The van der Waals surface area contributed by atoms with E-state index < -0.39 is 13.9 Å². The second-order valence-electron chi connectivity index (χ2n) is 19.5. The Bertz CT molecular complexity index is 955. The molecular formula is C55H112NO7P. The summed E-state index contributed by atoms with van der Waals surface area (Å²) in [6.45, 7) is 5.02. The number of rotatable bonds is 56. The van der Waals surface area contributed by atoms with Crippen molar-refractivity contribution in [2.75, 3.05) is 33.0 Å². The summed E-state index contributed by atoms with van der Waals surface area (Å²) in [6.07, 6.45) is 60.1. The van der Waals surface area contributed by atoms with Gasteiger partial charge in [-0.1, -0.05) is 290 Å². The number of carbonyl (C=O) groups is 1. The van der Waals surface area contributed by atoms with Gasteiger partial charge >= 0.3 is 13.8 Å². The molecule has 0 fully saturated rings. The molecule has 9 heteroatoms. The molecule has 0 aromatic heterocycles. The van der Waals surface area contributed by atoms with Crippen LogP contribution in [-0.2, 0) is 27.9 Å². The number of phosphoric ester groups is 1. The van der Waals surface area contributed by atoms with Gasteiger partial charge in [-0.3, -0.25) is 13.8 Å². The first-order valence-corrected chi connectivity index (χ1v) is 30.0. The average molecular weight is 930 g/mol. The highest BCUT2D eigenvalue weighted by Gasteiger charge is 2.25. The number of esters is 1. The summed E-state index contributed by atoms with van der Waals surface area (Å²) in [5, 5.41) is 0. The van der Waals surface area contributed by atoms with E-state index >= 15 is 0 Å². The van der Waals surface area contributed by atoms with Crippen LogP contribution in [0.25, 0.3) is 0 Å². The Morgan fingerprint density at radius 2 is 0.688 bits per heavy atom. The molecule has 0 aliphatic heterocycles. The number of hydrogen-bond acceptors (Lipinski definition) is 7. The molecule has 2 atom stereocenters. The summed E-state index contributed by atoms with van der Waals surface area (Å²) in [5.74, 6) is -0.319. The van der Waals surface area contributed by atoms with Crippen molar-refractivity contribution in [3.05, 3.63) is 0 Å². The molecule has 1 unspecified atom stereocenters. The quantitative estimate of drug-likeness (QED) is 0.0352. The minimum atomic E-state index is -4.28. The second kappa shape index (κ2) is 53.5. The molecule has 0 bridgehead atoms. The number of hydrogen-bond donors (Lipinski definition) is 2. The monoisotopic (exact) mass is 930 g/mol. The first kappa shape index (κ1) is 63.5. The van der Waals surface area contributed by atoms with Crippen LogP contribution in [0.15, 0.2) is 0 Å². The van der Waals surface area contributed by atoms with Gasteiger partial charge in [0.05, 0.1) is 19.8 Å². The van der Waals surface area contributed by atoms with Gasteiger partial charge in [-0.05, 0) is 12.8 Å². The molecule has 3 N–H and O–H groups in total. The van der Waals surface area contributed by atoms with Crippen molar-refractivity contribution >= 4 is 13.8 Å². The van der Waals surface area contributed by atoms with Gasteiger partial charge in [0.1, 0.15) is 6.10 Å². The third-order valence-electron chi connectivity index (χ3n) is 13.0. The topological polar surface area (TPSA) is 117 Å². The predicted molar refractivity (Wildman–Crippen MR) is 275 cm³/mol. The Morgan fingerprint density at radius 1 is 0.406 bits per heavy atom. The van der Waals surface area contributed by atoms with E-state index in [0.29, 0.717) is 13.0 Å². The van der Waals surface area contributed by atoms with Gasteiger partial charge in [-0.25, -0.2) is 4.57 Å². The Balaban J connectivity index is 3.81. The fourth-order valence-corrected chi connectivity index (χ4v) is 9.59. The van der Waals surface area contributed by atoms with Gasteiger partial charge < -0.3 is 20.1 Å². The smallest absolute Gasteiger partial charge is 0.457 e. The van der Waals surface area contributed by atoms with Crippen LogP contribution in [0.5, 0.6) is 0 Å². The van der Waals surface area contributed by atoms with E-state index in [4.69, 9.17) is 24.3 Å². The van der Waals surface area contributed by atoms with E-state index in [0.717, 1.165) is 32.1 Å². The molecule has 8 nitrogen and oxygen atoms in total. The lowest BCUT2D eigenvalue weighted by Gasteiger charge is -2.20. The maximum Gasteiger partial charge on any atom is 0.472 e. The van der Waals surface area contributed by atoms with E-state index in [2.05, 4.69) is 13.8 Å². The van der Waals surface area contributed by atoms with Crippen molar-refractivity contribution in [2.24, 2.45) is 5.73 Å². The first-order chi connectivity index (χ1) is 31.4. The SMILES string of the molecule is CCCCCCCCCCCCCCCCCCCCCCCCCCCC(=O)O[C@H](COCCCCCCCCCCCCCCCCCCCCCC)COP(=O)(O)OCCN. The summed E-state index contributed by atoms with van der Waals surface area (Å²) < 4.78 is 33.7. The number of carbonyl (C=O) groups excluding carboxylic acids is 1. The van der Waals surface area contributed by atoms with Gasteiger partial charge in [0.2, 0.25) is 0 Å². The van der Waals surface area contributed by atoms with Crippen molar-refractivity contribution in [3.8, 4) is 0 Å². The van der Waals surface area contributed by atoms with E-state index in [1.54, 1.807) is 0 Å². The number of nitrogens with two attached hydrogens (primary N) is 1. The summed E-state index contributed by atoms with van der Waals surface area (Å²) >= 11 is 0. The maximum atomic E-state index is 12.7. The molecule has 64 heavy (non-hydrogen) atoms. The van der Waals surface area contributed by atoms with E-state index in [1.807, 2.05) is 0 Å². The molecule has 0 rings (SSSR count). The fourth-order valence-electron chi connectivity index (χ4n) is 8.83. The van der Waals surface area contributed by atoms with Crippen LogP contribution in [0.2, 0.25) is 0 Å². The van der Waals surface area contributed by atoms with Crippen LogP contribution in [0, 0.1) is 0 Å². The van der Waals surface area contributed by atoms with E-state index in [-0.39, 0.29) is 32.3 Å². The minimum absolute atomic E-state index is 0.0895. The highest BCUT2D eigenvalue weighted by molar-refractivity contribution is 7.47. The molecule has 384 valence electrons. The molecule has 0 heterocycles. The zero-order valence-electron chi connectivity index (χ0n) is 43.1. The van der Waals surface area contributed by atoms with Crippen LogP contribution in [0.3, 0.4) is 0 Å². The van der Waals surface area contributed by atoms with Gasteiger partial charge in [-0.2, -0.15) is 0 Å². The molecule has 0 aromatic rings. The minimum Gasteiger partial charge on any atom is -0.457 e. The summed E-state index contributed by atoms with van der Waals surface area (Å²) in [6, 6.07) is 0. The van der Waals surface area contributed by atoms with Crippen molar-refractivity contribution in [2.45, 2.75) is 315 Å². The largest absolute Gasteiger partial charge is 0.472 e. The number of ether oxygens (including phenoxy) is 2. The van der Waals surface area contributed by atoms with Gasteiger partial charge in [0.15, 0.2) is 0 Å². The lowest BCUT2D eigenvalue weighted by Crippen LogP contribution is -2.28. The summed E-state index contributed by atoms with van der Waals surface area (Å²) in [5.41, 5.74) is 5.40. The predicted octanol–water partition coefficient (Wildman–Crippen LogP) is 18.0. The Morgan fingerprint density at radius 3 is 0.984 bits per heavy atom. The Hall–Kier alpha value is -0.500. The molecule has 0 saturated carbocycles. The lowest BCUT2D eigenvalue weighted by molar-refractivity contribution is -0.154. The molecule has 0 aliphatic rings. The van der Waals surface area contributed by atoms with Gasteiger partial charge in [0.25, 0.3) is 0 Å². The molecule has 0 amide bonds. The molecule has 0 aliphatic carbocycles. The molecule has 0 radical (unpaired) electrons. The molecular weight excluding hydrogens is 818 g/mol.